The largest absolute Gasteiger partial charge is 0.343 e. The van der Waals surface area contributed by atoms with E-state index in [0.29, 0.717) is 15.1 Å². The molecule has 6 nitrogen and oxygen atoms in total. The van der Waals surface area contributed by atoms with Gasteiger partial charge in [-0.05, 0) is 6.07 Å². The third-order valence-electron chi connectivity index (χ3n) is 3.51. The predicted molar refractivity (Wildman–Crippen MR) is 81.7 cm³/mol. The Morgan fingerprint density at radius 1 is 1.29 bits per heavy atom. The molecule has 0 saturated heterocycles. The molecule has 3 rings (SSSR count). The summed E-state index contributed by atoms with van der Waals surface area (Å²) in [5.41, 5.74) is 0.940. The van der Waals surface area contributed by atoms with Crippen molar-refractivity contribution >= 4 is 39.5 Å². The first-order valence-corrected chi connectivity index (χ1v) is 6.65. The van der Waals surface area contributed by atoms with Gasteiger partial charge in [-0.2, -0.15) is 0 Å². The average Bonchev–Trinajstić information content (AvgIpc) is 2.76. The summed E-state index contributed by atoms with van der Waals surface area (Å²) < 4.78 is 2.43. The van der Waals surface area contributed by atoms with Gasteiger partial charge in [0, 0.05) is 49.2 Å². The molecule has 0 atom stereocenters. The quantitative estimate of drug-likeness (QED) is 0.686. The summed E-state index contributed by atoms with van der Waals surface area (Å²) in [6, 6.07) is 7.49. The SMILES string of the molecule is CN(C)C(=O)c1nn(Cl)c(=O)c2c1c1ccccc1n2C. The van der Waals surface area contributed by atoms with Crippen molar-refractivity contribution in [2.45, 2.75) is 0 Å². The zero-order valence-corrected chi connectivity index (χ0v) is 12.5. The Morgan fingerprint density at radius 3 is 2.62 bits per heavy atom. The van der Waals surface area contributed by atoms with E-state index in [4.69, 9.17) is 11.8 Å². The van der Waals surface area contributed by atoms with Crippen molar-refractivity contribution in [3.8, 4) is 0 Å². The highest BCUT2D eigenvalue weighted by atomic mass is 35.5. The molecule has 0 fully saturated rings. The second-order valence-corrected chi connectivity index (χ2v) is 5.33. The summed E-state index contributed by atoms with van der Waals surface area (Å²) >= 11 is 5.85. The topological polar surface area (TPSA) is 60.1 Å². The fourth-order valence-corrected chi connectivity index (χ4v) is 2.67. The van der Waals surface area contributed by atoms with Crippen molar-refractivity contribution in [3.63, 3.8) is 0 Å². The van der Waals surface area contributed by atoms with E-state index in [9.17, 15) is 9.59 Å². The van der Waals surface area contributed by atoms with E-state index in [1.807, 2.05) is 24.3 Å². The molecule has 21 heavy (non-hydrogen) atoms. The van der Waals surface area contributed by atoms with E-state index in [2.05, 4.69) is 5.10 Å². The van der Waals surface area contributed by atoms with Crippen LogP contribution in [0.2, 0.25) is 0 Å². The monoisotopic (exact) mass is 304 g/mol. The number of hydrogen-bond donors (Lipinski definition) is 0. The molecule has 0 aliphatic rings. The van der Waals surface area contributed by atoms with Gasteiger partial charge in [-0.25, -0.2) is 0 Å². The maximum Gasteiger partial charge on any atom is 0.306 e. The summed E-state index contributed by atoms with van der Waals surface area (Å²) in [6.45, 7) is 0. The predicted octanol–water partition coefficient (Wildman–Crippen LogP) is 1.59. The summed E-state index contributed by atoms with van der Waals surface area (Å²) in [4.78, 5) is 26.0. The smallest absolute Gasteiger partial charge is 0.306 e. The molecular formula is C14H13ClN4O2. The van der Waals surface area contributed by atoms with Crippen LogP contribution in [-0.4, -0.2) is 38.8 Å². The molecule has 2 heterocycles. The van der Waals surface area contributed by atoms with Crippen LogP contribution in [0.5, 0.6) is 0 Å². The molecule has 2 aromatic heterocycles. The molecule has 0 radical (unpaired) electrons. The van der Waals surface area contributed by atoms with E-state index in [1.54, 1.807) is 25.7 Å². The number of halogens is 1. The molecule has 0 unspecified atom stereocenters. The highest BCUT2D eigenvalue weighted by Gasteiger charge is 2.23. The third kappa shape index (κ3) is 1.83. The molecule has 0 saturated carbocycles. The van der Waals surface area contributed by atoms with Crippen LogP contribution < -0.4 is 5.56 Å². The number of carbonyl (C=O) groups is 1. The number of benzene rings is 1. The first-order valence-electron chi connectivity index (χ1n) is 6.31. The first-order chi connectivity index (χ1) is 9.93. The number of carbonyl (C=O) groups excluding carboxylic acids is 1. The van der Waals surface area contributed by atoms with Gasteiger partial charge in [0.25, 0.3) is 5.91 Å². The lowest BCUT2D eigenvalue weighted by atomic mass is 10.1. The molecule has 0 aliphatic carbocycles. The van der Waals surface area contributed by atoms with E-state index < -0.39 is 5.56 Å². The Hall–Kier alpha value is -2.34. The van der Waals surface area contributed by atoms with Gasteiger partial charge in [0.2, 0.25) is 0 Å². The van der Waals surface area contributed by atoms with Crippen LogP contribution in [0.1, 0.15) is 10.5 Å². The Kier molecular flexibility index (Phi) is 2.98. The van der Waals surface area contributed by atoms with Crippen molar-refractivity contribution in [2.75, 3.05) is 14.1 Å². The number of amides is 1. The number of aryl methyl sites for hydroxylation is 1. The fraction of sp³-hybridized carbons (Fsp3) is 0.214. The van der Waals surface area contributed by atoms with Crippen LogP contribution in [-0.2, 0) is 7.05 Å². The van der Waals surface area contributed by atoms with Gasteiger partial charge in [-0.15, -0.1) is 9.30 Å². The minimum absolute atomic E-state index is 0.168. The van der Waals surface area contributed by atoms with Crippen molar-refractivity contribution in [1.82, 2.24) is 18.8 Å². The van der Waals surface area contributed by atoms with Crippen LogP contribution >= 0.6 is 11.8 Å². The molecular weight excluding hydrogens is 292 g/mol. The van der Waals surface area contributed by atoms with Crippen molar-refractivity contribution in [2.24, 2.45) is 7.05 Å². The highest BCUT2D eigenvalue weighted by Crippen LogP contribution is 2.28. The van der Waals surface area contributed by atoms with Gasteiger partial charge < -0.3 is 9.47 Å². The minimum atomic E-state index is -0.444. The van der Waals surface area contributed by atoms with Crippen LogP contribution in [0, 0.1) is 0 Å². The van der Waals surface area contributed by atoms with Crippen LogP contribution in [0.15, 0.2) is 29.1 Å². The molecule has 1 aromatic carbocycles. The molecule has 1 amide bonds. The third-order valence-corrected chi connectivity index (χ3v) is 3.74. The normalized spacial score (nSPS) is 11.2. The van der Waals surface area contributed by atoms with Crippen LogP contribution in [0.25, 0.3) is 21.8 Å². The average molecular weight is 305 g/mol. The zero-order chi connectivity index (χ0) is 15.3. The number of aromatic nitrogens is 3. The van der Waals surface area contributed by atoms with E-state index in [-0.39, 0.29) is 11.6 Å². The van der Waals surface area contributed by atoms with Crippen molar-refractivity contribution in [1.29, 1.82) is 0 Å². The van der Waals surface area contributed by atoms with E-state index >= 15 is 0 Å². The Morgan fingerprint density at radius 2 is 1.95 bits per heavy atom. The molecule has 7 heteroatoms. The lowest BCUT2D eigenvalue weighted by Gasteiger charge is -2.10. The van der Waals surface area contributed by atoms with Crippen molar-refractivity contribution < 1.29 is 4.79 Å². The van der Waals surface area contributed by atoms with Gasteiger partial charge in [0.05, 0.1) is 0 Å². The molecule has 0 bridgehead atoms. The number of hydrogen-bond acceptors (Lipinski definition) is 3. The molecule has 3 aromatic rings. The highest BCUT2D eigenvalue weighted by molar-refractivity contribution is 6.19. The number of rotatable bonds is 1. The standard InChI is InChI=1S/C14H13ClN4O2/c1-17(2)13(20)11-10-8-6-4-5-7-9(8)18(3)12(10)14(21)19(15)16-11/h4-7H,1-3H3. The summed E-state index contributed by atoms with van der Waals surface area (Å²) in [7, 11) is 5.03. The first kappa shape index (κ1) is 13.6. The second-order valence-electron chi connectivity index (χ2n) is 5.01. The molecule has 0 spiro atoms. The summed E-state index contributed by atoms with van der Waals surface area (Å²) in [6.07, 6.45) is 0. The summed E-state index contributed by atoms with van der Waals surface area (Å²) in [5.74, 6) is -0.300. The Balaban J connectivity index is 2.61. The molecule has 0 aliphatic heterocycles. The van der Waals surface area contributed by atoms with Gasteiger partial charge in [0.15, 0.2) is 5.69 Å². The maximum atomic E-state index is 12.4. The van der Waals surface area contributed by atoms with Crippen molar-refractivity contribution in [3.05, 3.63) is 40.3 Å². The second kappa shape index (κ2) is 4.60. The molecule has 108 valence electrons. The van der Waals surface area contributed by atoms with E-state index in [1.165, 1.54) is 4.90 Å². The number of para-hydroxylation sites is 1. The summed E-state index contributed by atoms with van der Waals surface area (Å²) in [5, 5.41) is 5.29. The van der Waals surface area contributed by atoms with Crippen LogP contribution in [0.4, 0.5) is 0 Å². The fourth-order valence-electron chi connectivity index (χ4n) is 2.52. The van der Waals surface area contributed by atoms with Crippen LogP contribution in [0.3, 0.4) is 0 Å². The molecule has 0 N–H and O–H groups in total. The van der Waals surface area contributed by atoms with Gasteiger partial charge in [-0.1, -0.05) is 18.2 Å². The van der Waals surface area contributed by atoms with E-state index in [0.717, 1.165) is 10.9 Å². The Labute approximate surface area is 125 Å². The lowest BCUT2D eigenvalue weighted by molar-refractivity contribution is 0.0822. The van der Waals surface area contributed by atoms with Gasteiger partial charge in [-0.3, -0.25) is 9.59 Å². The number of fused-ring (bicyclic) bond motifs is 3. The maximum absolute atomic E-state index is 12.4. The number of nitrogens with zero attached hydrogens (tertiary/aromatic N) is 4. The Bertz CT molecular complexity index is 939. The zero-order valence-electron chi connectivity index (χ0n) is 11.8. The lowest BCUT2D eigenvalue weighted by Crippen LogP contribution is -2.27. The van der Waals surface area contributed by atoms with Gasteiger partial charge in [0.1, 0.15) is 5.52 Å². The minimum Gasteiger partial charge on any atom is -0.343 e. The van der Waals surface area contributed by atoms with Gasteiger partial charge >= 0.3 is 5.56 Å².